The van der Waals surface area contributed by atoms with E-state index in [-0.39, 0.29) is 16.3 Å². The largest absolute Gasteiger partial charge is 0.396 e. The van der Waals surface area contributed by atoms with Crippen LogP contribution in [0.5, 0.6) is 0 Å². The van der Waals surface area contributed by atoms with Crippen molar-refractivity contribution in [3.63, 3.8) is 0 Å². The summed E-state index contributed by atoms with van der Waals surface area (Å²) < 4.78 is 13.2. The second kappa shape index (κ2) is 5.31. The van der Waals surface area contributed by atoms with Crippen LogP contribution in [-0.2, 0) is 4.79 Å². The van der Waals surface area contributed by atoms with Crippen LogP contribution in [0.1, 0.15) is 18.1 Å². The number of hydrogen-bond donors (Lipinski definition) is 4. The fraction of sp³-hybridized carbons (Fsp3) is 0.300. The maximum Gasteiger partial charge on any atom is 0.220 e. The van der Waals surface area contributed by atoms with E-state index in [0.29, 0.717) is 0 Å². The van der Waals surface area contributed by atoms with Gasteiger partial charge in [-0.25, -0.2) is 4.39 Å². The minimum absolute atomic E-state index is 0.0250. The van der Waals surface area contributed by atoms with Crippen molar-refractivity contribution in [2.75, 3.05) is 5.73 Å². The van der Waals surface area contributed by atoms with Gasteiger partial charge in [0, 0.05) is 10.6 Å². The van der Waals surface area contributed by atoms with Crippen LogP contribution in [0.25, 0.3) is 0 Å². The number of aliphatic hydroxyl groups excluding tert-OH is 2. The Hall–Kier alpha value is -1.37. The topological polar surface area (TPSA) is 110 Å². The molecule has 17 heavy (non-hydrogen) atoms. The van der Waals surface area contributed by atoms with Gasteiger partial charge in [-0.3, -0.25) is 4.79 Å². The summed E-state index contributed by atoms with van der Waals surface area (Å²) in [5, 5.41) is 19.2. The molecule has 0 aliphatic rings. The van der Waals surface area contributed by atoms with Crippen LogP contribution >= 0.6 is 11.6 Å². The summed E-state index contributed by atoms with van der Waals surface area (Å²) in [4.78, 5) is 10.6. The van der Waals surface area contributed by atoms with Crippen LogP contribution in [-0.4, -0.2) is 22.2 Å². The van der Waals surface area contributed by atoms with E-state index >= 15 is 0 Å². The Balaban J connectivity index is 3.03. The fourth-order valence-corrected chi connectivity index (χ4v) is 1.59. The number of nitrogens with two attached hydrogens (primary N) is 2. The molecule has 1 rings (SSSR count). The Bertz CT molecular complexity index is 442. The summed E-state index contributed by atoms with van der Waals surface area (Å²) in [7, 11) is 0. The lowest BCUT2D eigenvalue weighted by molar-refractivity contribution is -0.121. The average Bonchev–Trinajstić information content (AvgIpc) is 2.21. The lowest BCUT2D eigenvalue weighted by Crippen LogP contribution is -2.26. The SMILES string of the molecule is NC(=O)CC(O)C(O)c1cc(Cl)cc(F)c1N. The molecule has 0 saturated heterocycles. The van der Waals surface area contributed by atoms with Gasteiger partial charge in [0.15, 0.2) is 0 Å². The Morgan fingerprint density at radius 1 is 1.47 bits per heavy atom. The van der Waals surface area contributed by atoms with E-state index in [0.717, 1.165) is 6.07 Å². The maximum atomic E-state index is 13.2. The van der Waals surface area contributed by atoms with Crippen LogP contribution in [0.15, 0.2) is 12.1 Å². The molecule has 1 aromatic rings. The molecule has 2 atom stereocenters. The second-order valence-corrected chi connectivity index (χ2v) is 4.01. The fourth-order valence-electron chi connectivity index (χ4n) is 1.37. The normalized spacial score (nSPS) is 14.4. The summed E-state index contributed by atoms with van der Waals surface area (Å²) in [6, 6.07) is 2.20. The number of rotatable bonds is 4. The number of carbonyl (C=O) groups is 1. The van der Waals surface area contributed by atoms with E-state index in [1.165, 1.54) is 6.07 Å². The highest BCUT2D eigenvalue weighted by Gasteiger charge is 2.24. The number of carbonyl (C=O) groups excluding carboxylic acids is 1. The highest BCUT2D eigenvalue weighted by atomic mass is 35.5. The number of nitrogen functional groups attached to an aromatic ring is 1. The Morgan fingerprint density at radius 2 is 2.06 bits per heavy atom. The van der Waals surface area contributed by atoms with Gasteiger partial charge in [0.1, 0.15) is 11.9 Å². The van der Waals surface area contributed by atoms with Crippen molar-refractivity contribution in [1.29, 1.82) is 0 Å². The molecule has 6 N–H and O–H groups in total. The van der Waals surface area contributed by atoms with Crippen molar-refractivity contribution in [2.24, 2.45) is 5.73 Å². The zero-order valence-corrected chi connectivity index (χ0v) is 9.49. The highest BCUT2D eigenvalue weighted by Crippen LogP contribution is 2.29. The number of amides is 1. The van der Waals surface area contributed by atoms with Gasteiger partial charge >= 0.3 is 0 Å². The van der Waals surface area contributed by atoms with Crippen LogP contribution in [0.4, 0.5) is 10.1 Å². The Labute approximate surface area is 102 Å². The predicted molar refractivity (Wildman–Crippen MR) is 60.6 cm³/mol. The van der Waals surface area contributed by atoms with Gasteiger partial charge in [0.05, 0.1) is 18.2 Å². The third-order valence-electron chi connectivity index (χ3n) is 2.22. The lowest BCUT2D eigenvalue weighted by atomic mass is 10.00. The first-order valence-corrected chi connectivity index (χ1v) is 5.09. The quantitative estimate of drug-likeness (QED) is 0.586. The monoisotopic (exact) mass is 262 g/mol. The van der Waals surface area contributed by atoms with Crippen LogP contribution in [0.2, 0.25) is 5.02 Å². The molecule has 7 heteroatoms. The van der Waals surface area contributed by atoms with Gasteiger partial charge in [-0.05, 0) is 12.1 Å². The van der Waals surface area contributed by atoms with E-state index in [4.69, 9.17) is 23.1 Å². The van der Waals surface area contributed by atoms with Crippen LogP contribution < -0.4 is 11.5 Å². The standard InChI is InChI=1S/C10H12ClFN2O3/c11-4-1-5(9(14)6(12)2-4)10(17)7(15)3-8(13)16/h1-2,7,10,15,17H,3,14H2,(H2,13,16). The van der Waals surface area contributed by atoms with Crippen LogP contribution in [0, 0.1) is 5.82 Å². The van der Waals surface area contributed by atoms with Crippen LogP contribution in [0.3, 0.4) is 0 Å². The lowest BCUT2D eigenvalue weighted by Gasteiger charge is -2.19. The van der Waals surface area contributed by atoms with Crippen molar-refractivity contribution in [3.05, 3.63) is 28.5 Å². The average molecular weight is 263 g/mol. The first kappa shape index (κ1) is 13.7. The molecule has 2 unspecified atom stereocenters. The molecule has 0 spiro atoms. The summed E-state index contributed by atoms with van der Waals surface area (Å²) in [5.74, 6) is -1.60. The minimum atomic E-state index is -1.53. The number of benzene rings is 1. The molecule has 0 fully saturated rings. The molecule has 1 amide bonds. The van der Waals surface area contributed by atoms with Gasteiger partial charge in [-0.1, -0.05) is 11.6 Å². The van der Waals surface area contributed by atoms with E-state index in [1.54, 1.807) is 0 Å². The van der Waals surface area contributed by atoms with Crippen molar-refractivity contribution >= 4 is 23.2 Å². The molecule has 5 nitrogen and oxygen atoms in total. The van der Waals surface area contributed by atoms with E-state index < -0.39 is 30.4 Å². The molecule has 1 aromatic carbocycles. The molecule has 0 heterocycles. The predicted octanol–water partition coefficient (Wildman–Crippen LogP) is 0.331. The zero-order valence-electron chi connectivity index (χ0n) is 8.73. The van der Waals surface area contributed by atoms with Crippen molar-refractivity contribution < 1.29 is 19.4 Å². The van der Waals surface area contributed by atoms with Gasteiger partial charge in [0.2, 0.25) is 5.91 Å². The Kier molecular flexibility index (Phi) is 4.28. The molecule has 0 aliphatic heterocycles. The third-order valence-corrected chi connectivity index (χ3v) is 2.44. The van der Waals surface area contributed by atoms with Crippen molar-refractivity contribution in [2.45, 2.75) is 18.6 Å². The first-order valence-electron chi connectivity index (χ1n) is 4.71. The van der Waals surface area contributed by atoms with Gasteiger partial charge in [-0.2, -0.15) is 0 Å². The first-order chi connectivity index (χ1) is 7.82. The molecular formula is C10H12ClFN2O3. The van der Waals surface area contributed by atoms with Crippen molar-refractivity contribution in [3.8, 4) is 0 Å². The van der Waals surface area contributed by atoms with Gasteiger partial charge in [0.25, 0.3) is 0 Å². The second-order valence-electron chi connectivity index (χ2n) is 3.57. The number of aliphatic hydroxyl groups is 2. The van der Waals surface area contributed by atoms with Gasteiger partial charge in [-0.15, -0.1) is 0 Å². The Morgan fingerprint density at radius 3 is 2.59 bits per heavy atom. The van der Waals surface area contributed by atoms with E-state index in [9.17, 15) is 19.4 Å². The molecule has 0 bridgehead atoms. The van der Waals surface area contributed by atoms with Gasteiger partial charge < -0.3 is 21.7 Å². The molecular weight excluding hydrogens is 251 g/mol. The molecule has 0 radical (unpaired) electrons. The van der Waals surface area contributed by atoms with E-state index in [2.05, 4.69) is 0 Å². The molecule has 0 aromatic heterocycles. The summed E-state index contributed by atoms with van der Waals surface area (Å²) in [6.07, 6.45) is -3.46. The zero-order chi connectivity index (χ0) is 13.2. The molecule has 0 aliphatic carbocycles. The number of halogens is 2. The highest BCUT2D eigenvalue weighted by molar-refractivity contribution is 6.30. The molecule has 94 valence electrons. The minimum Gasteiger partial charge on any atom is -0.396 e. The maximum absolute atomic E-state index is 13.2. The smallest absolute Gasteiger partial charge is 0.220 e. The number of hydrogen-bond acceptors (Lipinski definition) is 4. The summed E-state index contributed by atoms with van der Waals surface area (Å²) in [5.41, 5.74) is 9.86. The number of anilines is 1. The summed E-state index contributed by atoms with van der Waals surface area (Å²) in [6.45, 7) is 0. The third kappa shape index (κ3) is 3.29. The summed E-state index contributed by atoms with van der Waals surface area (Å²) >= 11 is 5.60. The van der Waals surface area contributed by atoms with Crippen molar-refractivity contribution in [1.82, 2.24) is 0 Å². The number of primary amides is 1. The molecule has 0 saturated carbocycles. The van der Waals surface area contributed by atoms with E-state index in [1.807, 2.05) is 0 Å².